The first kappa shape index (κ1) is 6.68. The smallest absolute Gasteiger partial charge is 0.291 e. The molecule has 4 nitrogen and oxygen atoms in total. The molecule has 2 aromatic rings. The summed E-state index contributed by atoms with van der Waals surface area (Å²) in [6, 6.07) is 5.04. The van der Waals surface area contributed by atoms with Crippen molar-refractivity contribution in [3.63, 3.8) is 0 Å². The zero-order valence-electron chi connectivity index (χ0n) is 6.00. The molecule has 4 heteroatoms. The minimum Gasteiger partial charge on any atom is -0.440 e. The molecular weight excluding hydrogens is 156 g/mol. The van der Waals surface area contributed by atoms with Gasteiger partial charge in [0, 0.05) is 17.6 Å². The number of pyridine rings is 1. The van der Waals surface area contributed by atoms with Crippen LogP contribution in [0.15, 0.2) is 27.5 Å². The maximum atomic E-state index is 11.0. The third-order valence-electron chi connectivity index (χ3n) is 1.55. The van der Waals surface area contributed by atoms with Crippen molar-refractivity contribution < 1.29 is 4.42 Å². The lowest BCUT2D eigenvalue weighted by atomic mass is 10.3. The van der Waals surface area contributed by atoms with Gasteiger partial charge < -0.3 is 9.40 Å². The second-order valence-electron chi connectivity index (χ2n) is 2.31. The van der Waals surface area contributed by atoms with Crippen molar-refractivity contribution in [2.45, 2.75) is 0 Å². The minimum absolute atomic E-state index is 0.154. The van der Waals surface area contributed by atoms with Crippen molar-refractivity contribution in [2.75, 3.05) is 0 Å². The van der Waals surface area contributed by atoms with E-state index in [4.69, 9.17) is 9.68 Å². The van der Waals surface area contributed by atoms with Crippen LogP contribution in [0.3, 0.4) is 0 Å². The Morgan fingerprint density at radius 3 is 3.08 bits per heavy atom. The van der Waals surface area contributed by atoms with Crippen molar-refractivity contribution in [3.8, 4) is 6.07 Å². The van der Waals surface area contributed by atoms with Crippen molar-refractivity contribution in [2.24, 2.45) is 0 Å². The zero-order chi connectivity index (χ0) is 8.55. The molecule has 0 aliphatic carbocycles. The average Bonchev–Trinajstić information content (AvgIpc) is 2.49. The molecule has 0 saturated carbocycles. The van der Waals surface area contributed by atoms with E-state index in [1.165, 1.54) is 12.3 Å². The largest absolute Gasteiger partial charge is 0.440 e. The van der Waals surface area contributed by atoms with Crippen LogP contribution in [0.4, 0.5) is 0 Å². The molecule has 0 radical (unpaired) electrons. The molecule has 58 valence electrons. The summed E-state index contributed by atoms with van der Waals surface area (Å²) in [6.45, 7) is 0. The lowest BCUT2D eigenvalue weighted by molar-refractivity contribution is 0.594. The van der Waals surface area contributed by atoms with Gasteiger partial charge in [0.25, 0.3) is 5.56 Å². The van der Waals surface area contributed by atoms with Crippen LogP contribution in [0.2, 0.25) is 0 Å². The number of fused-ring (bicyclic) bond motifs is 1. The van der Waals surface area contributed by atoms with Crippen LogP contribution in [0.1, 0.15) is 5.76 Å². The number of furan rings is 1. The van der Waals surface area contributed by atoms with Crippen molar-refractivity contribution in [3.05, 3.63) is 34.4 Å². The highest BCUT2D eigenvalue weighted by Crippen LogP contribution is 2.13. The van der Waals surface area contributed by atoms with Gasteiger partial charge in [0.1, 0.15) is 6.07 Å². The summed E-state index contributed by atoms with van der Waals surface area (Å²) in [5.74, 6) is 0.154. The molecule has 0 fully saturated rings. The Kier molecular flexibility index (Phi) is 1.25. The molecule has 2 heterocycles. The maximum absolute atomic E-state index is 11.0. The van der Waals surface area contributed by atoms with Gasteiger partial charge in [-0.3, -0.25) is 4.79 Å². The molecule has 0 aliphatic rings. The van der Waals surface area contributed by atoms with E-state index in [1.54, 1.807) is 6.07 Å². The number of nitriles is 1. The summed E-state index contributed by atoms with van der Waals surface area (Å²) in [6.07, 6.45) is 1.52. The molecule has 0 saturated heterocycles. The number of nitrogens with one attached hydrogen (secondary N) is 1. The van der Waals surface area contributed by atoms with Crippen LogP contribution < -0.4 is 5.56 Å². The van der Waals surface area contributed by atoms with Crippen LogP contribution in [-0.4, -0.2) is 4.98 Å². The molecule has 0 spiro atoms. The number of hydrogen-bond donors (Lipinski definition) is 1. The van der Waals surface area contributed by atoms with Crippen LogP contribution in [0.5, 0.6) is 0 Å². The number of nitrogens with zero attached hydrogens (tertiary/aromatic N) is 1. The first-order valence-corrected chi connectivity index (χ1v) is 3.32. The first-order chi connectivity index (χ1) is 5.81. The quantitative estimate of drug-likeness (QED) is 0.624. The second kappa shape index (κ2) is 2.24. The van der Waals surface area contributed by atoms with Crippen LogP contribution in [-0.2, 0) is 0 Å². The first-order valence-electron chi connectivity index (χ1n) is 3.32. The van der Waals surface area contributed by atoms with Gasteiger partial charge in [-0.05, 0) is 6.07 Å². The predicted octanol–water partition coefficient (Wildman–Crippen LogP) is 0.993. The molecule has 0 aliphatic heterocycles. The van der Waals surface area contributed by atoms with Gasteiger partial charge in [0.15, 0.2) is 0 Å². The van der Waals surface area contributed by atoms with E-state index in [0.717, 1.165) is 0 Å². The topological polar surface area (TPSA) is 69.8 Å². The standard InChI is InChI=1S/C8H4N2O2/c9-4-6-3-5-1-2-10-8(11)7(5)12-6/h1-3H,(H,10,11). The molecule has 1 N–H and O–H groups in total. The zero-order valence-corrected chi connectivity index (χ0v) is 6.00. The average molecular weight is 160 g/mol. The second-order valence-corrected chi connectivity index (χ2v) is 2.31. The number of rotatable bonds is 0. The Labute approximate surface area is 67.0 Å². The van der Waals surface area contributed by atoms with E-state index >= 15 is 0 Å². The van der Waals surface area contributed by atoms with Gasteiger partial charge in [0.2, 0.25) is 11.3 Å². The highest BCUT2D eigenvalue weighted by Gasteiger charge is 2.04. The third kappa shape index (κ3) is 0.805. The Morgan fingerprint density at radius 1 is 1.58 bits per heavy atom. The van der Waals surface area contributed by atoms with Crippen molar-refractivity contribution in [1.82, 2.24) is 4.98 Å². The van der Waals surface area contributed by atoms with Gasteiger partial charge in [-0.1, -0.05) is 0 Å². The third-order valence-corrected chi connectivity index (χ3v) is 1.55. The fraction of sp³-hybridized carbons (Fsp3) is 0. The van der Waals surface area contributed by atoms with E-state index in [-0.39, 0.29) is 16.9 Å². The monoisotopic (exact) mass is 160 g/mol. The SMILES string of the molecule is N#Cc1cc2cc[nH]c(=O)c2o1. The Balaban J connectivity index is 2.95. The number of H-pyrrole nitrogens is 1. The molecular formula is C8H4N2O2. The summed E-state index contributed by atoms with van der Waals surface area (Å²) in [5.41, 5.74) is -0.108. The van der Waals surface area contributed by atoms with Gasteiger partial charge in [-0.2, -0.15) is 5.26 Å². The molecule has 0 aromatic carbocycles. The van der Waals surface area contributed by atoms with Crippen molar-refractivity contribution >= 4 is 11.0 Å². The van der Waals surface area contributed by atoms with Gasteiger partial charge in [-0.15, -0.1) is 0 Å². The molecule has 2 rings (SSSR count). The Hall–Kier alpha value is -2.02. The number of aromatic nitrogens is 1. The van der Waals surface area contributed by atoms with E-state index in [0.29, 0.717) is 5.39 Å². The van der Waals surface area contributed by atoms with Gasteiger partial charge in [-0.25, -0.2) is 0 Å². The molecule has 0 unspecified atom stereocenters. The minimum atomic E-state index is -0.311. The molecule has 12 heavy (non-hydrogen) atoms. The van der Waals surface area contributed by atoms with Crippen molar-refractivity contribution in [1.29, 1.82) is 5.26 Å². The highest BCUT2D eigenvalue weighted by molar-refractivity contribution is 5.77. The highest BCUT2D eigenvalue weighted by atomic mass is 16.3. The van der Waals surface area contributed by atoms with Gasteiger partial charge >= 0.3 is 0 Å². The lowest BCUT2D eigenvalue weighted by Crippen LogP contribution is -2.01. The normalized spacial score (nSPS) is 9.92. The number of aromatic amines is 1. The summed E-state index contributed by atoms with van der Waals surface area (Å²) >= 11 is 0. The lowest BCUT2D eigenvalue weighted by Gasteiger charge is -1.82. The molecule has 0 amide bonds. The van der Waals surface area contributed by atoms with Gasteiger partial charge in [0.05, 0.1) is 0 Å². The Morgan fingerprint density at radius 2 is 2.42 bits per heavy atom. The summed E-state index contributed by atoms with van der Waals surface area (Å²) in [4.78, 5) is 13.5. The van der Waals surface area contributed by atoms with E-state index in [2.05, 4.69) is 4.98 Å². The summed E-state index contributed by atoms with van der Waals surface area (Å²) < 4.78 is 4.94. The summed E-state index contributed by atoms with van der Waals surface area (Å²) in [7, 11) is 0. The van der Waals surface area contributed by atoms with Crippen LogP contribution in [0, 0.1) is 11.3 Å². The van der Waals surface area contributed by atoms with E-state index in [1.807, 2.05) is 6.07 Å². The maximum Gasteiger partial charge on any atom is 0.291 e. The molecule has 0 bridgehead atoms. The molecule has 0 atom stereocenters. The summed E-state index contributed by atoms with van der Waals surface area (Å²) in [5, 5.41) is 9.12. The molecule has 2 aromatic heterocycles. The van der Waals surface area contributed by atoms with Crippen LogP contribution in [0.25, 0.3) is 11.0 Å². The van der Waals surface area contributed by atoms with E-state index in [9.17, 15) is 4.79 Å². The predicted molar refractivity (Wildman–Crippen MR) is 41.5 cm³/mol. The fourth-order valence-corrected chi connectivity index (χ4v) is 1.03. The Bertz CT molecular complexity index is 516. The fourth-order valence-electron chi connectivity index (χ4n) is 1.03. The van der Waals surface area contributed by atoms with E-state index < -0.39 is 0 Å². The number of hydrogen-bond acceptors (Lipinski definition) is 3. The van der Waals surface area contributed by atoms with Crippen LogP contribution >= 0.6 is 0 Å².